The first kappa shape index (κ1) is 11.2. The number of carboxylic acids is 1. The lowest BCUT2D eigenvalue weighted by atomic mass is 10.0. The topological polar surface area (TPSA) is 118 Å². The average Bonchev–Trinajstić information content (AvgIpc) is 2.11. The number of nitrogens with two attached hydrogens (primary N) is 1. The van der Waals surface area contributed by atoms with Gasteiger partial charge < -0.3 is 10.8 Å². The van der Waals surface area contributed by atoms with E-state index in [1.54, 1.807) is 0 Å². The molecule has 0 aromatic heterocycles. The number of amides is 3. The summed E-state index contributed by atoms with van der Waals surface area (Å²) in [5, 5.41) is 8.76. The number of nitrogens with zero attached hydrogens (tertiary/aromatic N) is 1. The van der Waals surface area contributed by atoms with E-state index in [0.717, 1.165) is 0 Å². The number of rotatable bonds is 5. The summed E-state index contributed by atoms with van der Waals surface area (Å²) in [6.07, 6.45) is -0.573. The van der Waals surface area contributed by atoms with Gasteiger partial charge in [0.25, 0.3) is 0 Å². The lowest BCUT2D eigenvalue weighted by Gasteiger charge is -2.33. The first-order valence-electron chi connectivity index (χ1n) is 4.29. The number of carbonyl (C=O) groups excluding carboxylic acids is 3. The van der Waals surface area contributed by atoms with Gasteiger partial charge in [-0.3, -0.25) is 19.3 Å². The van der Waals surface area contributed by atoms with E-state index in [4.69, 9.17) is 10.8 Å². The van der Waals surface area contributed by atoms with Crippen LogP contribution >= 0.6 is 0 Å². The zero-order valence-electron chi connectivity index (χ0n) is 7.80. The van der Waals surface area contributed by atoms with Crippen molar-refractivity contribution in [2.75, 3.05) is 0 Å². The fourth-order valence-electron chi connectivity index (χ4n) is 1.34. The van der Waals surface area contributed by atoms with Crippen LogP contribution < -0.4 is 5.73 Å². The Bertz CT molecular complexity index is 324. The van der Waals surface area contributed by atoms with Crippen molar-refractivity contribution in [1.29, 1.82) is 0 Å². The minimum absolute atomic E-state index is 0.137. The molecule has 0 aliphatic carbocycles. The van der Waals surface area contributed by atoms with Crippen molar-refractivity contribution in [3.63, 3.8) is 0 Å². The monoisotopic (exact) mass is 214 g/mol. The average molecular weight is 214 g/mol. The summed E-state index contributed by atoms with van der Waals surface area (Å²) in [6, 6.07) is -1.27. The van der Waals surface area contributed by atoms with Crippen LogP contribution in [0.2, 0.25) is 0 Å². The highest BCUT2D eigenvalue weighted by Crippen LogP contribution is 2.18. The van der Waals surface area contributed by atoms with Gasteiger partial charge in [-0.1, -0.05) is 0 Å². The molecule has 1 fully saturated rings. The van der Waals surface area contributed by atoms with Crippen molar-refractivity contribution in [3.8, 4) is 0 Å². The quantitative estimate of drug-likeness (QED) is 0.425. The van der Waals surface area contributed by atoms with Crippen LogP contribution in [0.25, 0.3) is 0 Å². The van der Waals surface area contributed by atoms with Crippen molar-refractivity contribution < 1.29 is 24.3 Å². The molecule has 0 aromatic rings. The fourth-order valence-corrected chi connectivity index (χ4v) is 1.34. The van der Waals surface area contributed by atoms with Gasteiger partial charge in [0.1, 0.15) is 12.5 Å². The molecule has 0 unspecified atom stereocenters. The lowest BCUT2D eigenvalue weighted by molar-refractivity contribution is -0.168. The molecular weight excluding hydrogens is 204 g/mol. The maximum Gasteiger partial charge on any atom is 0.326 e. The highest BCUT2D eigenvalue weighted by Gasteiger charge is 2.42. The summed E-state index contributed by atoms with van der Waals surface area (Å²) in [5.74, 6) is -3.03. The van der Waals surface area contributed by atoms with Crippen molar-refractivity contribution >= 4 is 23.7 Å². The van der Waals surface area contributed by atoms with Gasteiger partial charge >= 0.3 is 5.97 Å². The molecule has 1 atom stereocenters. The van der Waals surface area contributed by atoms with Crippen LogP contribution in [0.15, 0.2) is 0 Å². The Morgan fingerprint density at radius 1 is 1.40 bits per heavy atom. The van der Waals surface area contributed by atoms with E-state index in [1.165, 1.54) is 0 Å². The van der Waals surface area contributed by atoms with Crippen LogP contribution in [0.4, 0.5) is 0 Å². The Morgan fingerprint density at radius 3 is 2.27 bits per heavy atom. The number of β-lactam (4-membered cyclic amide) rings is 2. The number of hydrogen-bond donors (Lipinski definition) is 2. The Labute approximate surface area is 84.8 Å². The predicted molar refractivity (Wildman–Crippen MR) is 46.3 cm³/mol. The minimum Gasteiger partial charge on any atom is -0.480 e. The normalized spacial score (nSPS) is 17.2. The number of aliphatic carboxylic acids is 1. The van der Waals surface area contributed by atoms with Gasteiger partial charge in [0, 0.05) is 6.42 Å². The molecular formula is C8H10N2O5. The molecule has 3 amide bonds. The highest BCUT2D eigenvalue weighted by molar-refractivity contribution is 6.16. The first-order chi connectivity index (χ1) is 6.93. The standard InChI is InChI=1S/C8H10N2O5/c9-5(11)2-1-4(8(14)15)10-6(12)3-7(10)13/h4H,1-3H2,(H2,9,11)(H,14,15)/t4-/m0/s1. The van der Waals surface area contributed by atoms with Gasteiger partial charge in [-0.05, 0) is 6.42 Å². The summed E-state index contributed by atoms with van der Waals surface area (Å²) >= 11 is 0. The molecule has 1 aliphatic heterocycles. The largest absolute Gasteiger partial charge is 0.480 e. The van der Waals surface area contributed by atoms with Crippen LogP contribution in [0.3, 0.4) is 0 Å². The zero-order valence-corrected chi connectivity index (χ0v) is 7.80. The molecule has 3 N–H and O–H groups in total. The van der Waals surface area contributed by atoms with Crippen LogP contribution in [-0.2, 0) is 19.2 Å². The van der Waals surface area contributed by atoms with Crippen molar-refractivity contribution in [2.45, 2.75) is 25.3 Å². The second-order valence-electron chi connectivity index (χ2n) is 3.19. The number of hydrogen-bond acceptors (Lipinski definition) is 4. The Balaban J connectivity index is 2.65. The maximum atomic E-state index is 11.0. The lowest BCUT2D eigenvalue weighted by Crippen LogP contribution is -2.57. The second-order valence-corrected chi connectivity index (χ2v) is 3.19. The molecule has 0 aromatic carbocycles. The van der Waals surface area contributed by atoms with E-state index in [9.17, 15) is 19.2 Å². The molecule has 1 saturated heterocycles. The van der Waals surface area contributed by atoms with E-state index in [1.807, 2.05) is 0 Å². The Hall–Kier alpha value is -1.92. The van der Waals surface area contributed by atoms with E-state index < -0.39 is 29.7 Å². The molecule has 1 aliphatic rings. The predicted octanol–water partition coefficient (Wildman–Crippen LogP) is -1.54. The third-order valence-corrected chi connectivity index (χ3v) is 2.10. The zero-order chi connectivity index (χ0) is 11.6. The van der Waals surface area contributed by atoms with Crippen molar-refractivity contribution in [3.05, 3.63) is 0 Å². The summed E-state index contributed by atoms with van der Waals surface area (Å²) in [6.45, 7) is 0. The molecule has 82 valence electrons. The number of primary amides is 1. The molecule has 1 heterocycles. The Morgan fingerprint density at radius 2 is 1.93 bits per heavy atom. The molecule has 15 heavy (non-hydrogen) atoms. The smallest absolute Gasteiger partial charge is 0.326 e. The van der Waals surface area contributed by atoms with Crippen LogP contribution in [0.1, 0.15) is 19.3 Å². The van der Waals surface area contributed by atoms with Gasteiger partial charge in [0.15, 0.2) is 0 Å². The maximum absolute atomic E-state index is 11.0. The molecule has 0 bridgehead atoms. The van der Waals surface area contributed by atoms with Gasteiger partial charge in [0.05, 0.1) is 0 Å². The van der Waals surface area contributed by atoms with Gasteiger partial charge in [-0.25, -0.2) is 4.79 Å². The van der Waals surface area contributed by atoms with Crippen LogP contribution in [-0.4, -0.2) is 39.7 Å². The highest BCUT2D eigenvalue weighted by atomic mass is 16.4. The van der Waals surface area contributed by atoms with Crippen LogP contribution in [0, 0.1) is 0 Å². The molecule has 0 radical (unpaired) electrons. The van der Waals surface area contributed by atoms with Crippen LogP contribution in [0.5, 0.6) is 0 Å². The van der Waals surface area contributed by atoms with Gasteiger partial charge in [-0.2, -0.15) is 0 Å². The third-order valence-electron chi connectivity index (χ3n) is 2.10. The first-order valence-corrected chi connectivity index (χ1v) is 4.29. The molecule has 0 saturated carbocycles. The molecule has 7 nitrogen and oxygen atoms in total. The summed E-state index contributed by atoms with van der Waals surface area (Å²) in [7, 11) is 0. The summed E-state index contributed by atoms with van der Waals surface area (Å²) < 4.78 is 0. The van der Waals surface area contributed by atoms with Gasteiger partial charge in [0.2, 0.25) is 17.7 Å². The van der Waals surface area contributed by atoms with E-state index in [-0.39, 0.29) is 19.3 Å². The Kier molecular flexibility index (Phi) is 3.03. The number of imide groups is 1. The number of carboxylic acid groups (broad SMARTS) is 1. The van der Waals surface area contributed by atoms with Gasteiger partial charge in [-0.15, -0.1) is 0 Å². The van der Waals surface area contributed by atoms with E-state index >= 15 is 0 Å². The van der Waals surface area contributed by atoms with E-state index in [0.29, 0.717) is 4.90 Å². The fraction of sp³-hybridized carbons (Fsp3) is 0.500. The summed E-state index contributed by atoms with van der Waals surface area (Å²) in [5.41, 5.74) is 4.85. The molecule has 0 spiro atoms. The number of likely N-dealkylation sites (tertiary alicyclic amines) is 1. The minimum atomic E-state index is -1.31. The van der Waals surface area contributed by atoms with Crippen molar-refractivity contribution in [1.82, 2.24) is 4.90 Å². The SMILES string of the molecule is NC(=O)CC[C@@H](C(=O)O)N1C(=O)CC1=O. The number of carbonyl (C=O) groups is 4. The second kappa shape index (κ2) is 4.07. The van der Waals surface area contributed by atoms with E-state index in [2.05, 4.69) is 0 Å². The molecule has 1 rings (SSSR count). The molecule has 7 heteroatoms. The summed E-state index contributed by atoms with van der Waals surface area (Å²) in [4.78, 5) is 43.8. The van der Waals surface area contributed by atoms with Crippen molar-refractivity contribution in [2.24, 2.45) is 5.73 Å². The third kappa shape index (κ3) is 2.30.